The lowest BCUT2D eigenvalue weighted by molar-refractivity contribution is 0.181. The Morgan fingerprint density at radius 1 is 1.23 bits per heavy atom. The molecule has 0 amide bonds. The molecule has 3 aromatic rings. The van der Waals surface area contributed by atoms with E-state index in [9.17, 15) is 4.39 Å². The summed E-state index contributed by atoms with van der Waals surface area (Å²) in [4.78, 5) is 8.69. The minimum Gasteiger partial charge on any atom is -0.380 e. The lowest BCUT2D eigenvalue weighted by Crippen LogP contribution is -2.03. The summed E-state index contributed by atoms with van der Waals surface area (Å²) in [5.41, 5.74) is 2.26. The fraction of sp³-hybridized carbons (Fsp3) is 0.316. The van der Waals surface area contributed by atoms with Gasteiger partial charge in [-0.05, 0) is 29.8 Å². The molecule has 2 heterocycles. The topological polar surface area (TPSA) is 73.1 Å². The summed E-state index contributed by atoms with van der Waals surface area (Å²) < 4.78 is 24.0. The van der Waals surface area contributed by atoms with Crippen molar-refractivity contribution < 1.29 is 13.7 Å². The number of rotatable bonds is 7. The van der Waals surface area contributed by atoms with Crippen LogP contribution in [0.5, 0.6) is 0 Å². The van der Waals surface area contributed by atoms with E-state index in [1.54, 1.807) is 25.4 Å². The fourth-order valence-corrected chi connectivity index (χ4v) is 2.44. The van der Waals surface area contributed by atoms with Crippen LogP contribution in [0.25, 0.3) is 11.5 Å². The summed E-state index contributed by atoms with van der Waals surface area (Å²) in [6, 6.07) is 8.62. The molecule has 6 nitrogen and oxygen atoms in total. The van der Waals surface area contributed by atoms with Crippen molar-refractivity contribution in [2.75, 3.05) is 12.4 Å². The first-order chi connectivity index (χ1) is 12.6. The van der Waals surface area contributed by atoms with Gasteiger partial charge in [0, 0.05) is 36.9 Å². The third-order valence-corrected chi connectivity index (χ3v) is 3.85. The van der Waals surface area contributed by atoms with Crippen LogP contribution in [-0.4, -0.2) is 22.2 Å². The number of nitrogens with zero attached hydrogens (tertiary/aromatic N) is 3. The summed E-state index contributed by atoms with van der Waals surface area (Å²) in [6.07, 6.45) is 1.68. The molecule has 3 rings (SSSR count). The predicted octanol–water partition coefficient (Wildman–Crippen LogP) is 4.15. The predicted molar refractivity (Wildman–Crippen MR) is 96.1 cm³/mol. The highest BCUT2D eigenvalue weighted by atomic mass is 19.1. The number of pyridine rings is 1. The van der Waals surface area contributed by atoms with Crippen molar-refractivity contribution in [1.29, 1.82) is 0 Å². The molecule has 0 atom stereocenters. The molecule has 0 spiro atoms. The van der Waals surface area contributed by atoms with Gasteiger partial charge in [-0.15, -0.1) is 0 Å². The molecular weight excluding hydrogens is 335 g/mol. The molecule has 0 saturated heterocycles. The Morgan fingerprint density at radius 2 is 2.08 bits per heavy atom. The maximum atomic E-state index is 13.7. The first-order valence-corrected chi connectivity index (χ1v) is 8.37. The number of aromatic nitrogens is 3. The van der Waals surface area contributed by atoms with E-state index in [1.165, 1.54) is 6.07 Å². The van der Waals surface area contributed by atoms with Gasteiger partial charge in [-0.3, -0.25) is 0 Å². The molecule has 0 unspecified atom stereocenters. The Labute approximate surface area is 151 Å². The van der Waals surface area contributed by atoms with Crippen molar-refractivity contribution >= 4 is 5.82 Å². The van der Waals surface area contributed by atoms with Crippen molar-refractivity contribution in [3.8, 4) is 11.5 Å². The first kappa shape index (κ1) is 18.0. The van der Waals surface area contributed by atoms with Crippen LogP contribution in [0.15, 0.2) is 41.1 Å². The third kappa shape index (κ3) is 4.23. The Balaban J connectivity index is 1.72. The Bertz CT molecular complexity index is 879. The molecule has 26 heavy (non-hydrogen) atoms. The normalized spacial score (nSPS) is 11.1. The zero-order valence-corrected chi connectivity index (χ0v) is 15.0. The number of methoxy groups -OCH3 is 1. The van der Waals surface area contributed by atoms with E-state index in [2.05, 4.69) is 20.4 Å². The van der Waals surface area contributed by atoms with Crippen LogP contribution in [0.3, 0.4) is 0 Å². The van der Waals surface area contributed by atoms with Crippen LogP contribution in [0.1, 0.15) is 36.7 Å². The lowest BCUT2D eigenvalue weighted by atomic mass is 10.1. The van der Waals surface area contributed by atoms with Gasteiger partial charge in [0.15, 0.2) is 5.82 Å². The number of halogens is 1. The van der Waals surface area contributed by atoms with Crippen molar-refractivity contribution in [3.05, 3.63) is 59.3 Å². The lowest BCUT2D eigenvalue weighted by Gasteiger charge is -2.09. The van der Waals surface area contributed by atoms with Crippen LogP contribution < -0.4 is 5.32 Å². The van der Waals surface area contributed by atoms with E-state index >= 15 is 0 Å². The van der Waals surface area contributed by atoms with Gasteiger partial charge >= 0.3 is 0 Å². The number of hydrogen-bond donors (Lipinski definition) is 1. The summed E-state index contributed by atoms with van der Waals surface area (Å²) in [5.74, 6) is 1.73. The van der Waals surface area contributed by atoms with Gasteiger partial charge in [0.1, 0.15) is 11.6 Å². The molecule has 0 aliphatic rings. The van der Waals surface area contributed by atoms with E-state index in [0.717, 1.165) is 11.1 Å². The highest BCUT2D eigenvalue weighted by molar-refractivity contribution is 5.58. The quantitative estimate of drug-likeness (QED) is 0.685. The minimum absolute atomic E-state index is 0.201. The second kappa shape index (κ2) is 8.05. The molecule has 0 fully saturated rings. The molecule has 136 valence electrons. The maximum Gasteiger partial charge on any atom is 0.258 e. The standard InChI is InChI=1S/C19H21FN4O2/c1-12(2)18-23-19(26-24-18)14-6-7-21-17(9-14)22-10-13-4-5-16(20)15(8-13)11-25-3/h4-9,12H,10-11H2,1-3H3,(H,21,22). The average molecular weight is 356 g/mol. The largest absolute Gasteiger partial charge is 0.380 e. The number of nitrogens with one attached hydrogen (secondary N) is 1. The molecule has 7 heteroatoms. The van der Waals surface area contributed by atoms with Gasteiger partial charge in [-0.2, -0.15) is 4.98 Å². The zero-order chi connectivity index (χ0) is 18.5. The summed E-state index contributed by atoms with van der Waals surface area (Å²) in [6.45, 7) is 4.76. The number of anilines is 1. The summed E-state index contributed by atoms with van der Waals surface area (Å²) in [5, 5.41) is 7.20. The first-order valence-electron chi connectivity index (χ1n) is 8.37. The van der Waals surface area contributed by atoms with E-state index < -0.39 is 0 Å². The molecule has 0 aliphatic heterocycles. The highest BCUT2D eigenvalue weighted by Gasteiger charge is 2.12. The monoisotopic (exact) mass is 356 g/mol. The molecule has 1 aromatic carbocycles. The van der Waals surface area contributed by atoms with Crippen molar-refractivity contribution in [3.63, 3.8) is 0 Å². The SMILES string of the molecule is COCc1cc(CNc2cc(-c3nc(C(C)C)no3)ccn2)ccc1F. The molecular formula is C19H21FN4O2. The van der Waals surface area contributed by atoms with Crippen molar-refractivity contribution in [2.24, 2.45) is 0 Å². The zero-order valence-electron chi connectivity index (χ0n) is 15.0. The van der Waals surface area contributed by atoms with Gasteiger partial charge in [0.2, 0.25) is 0 Å². The Morgan fingerprint density at radius 3 is 2.81 bits per heavy atom. The second-order valence-electron chi connectivity index (χ2n) is 6.25. The van der Waals surface area contributed by atoms with Gasteiger partial charge in [-0.1, -0.05) is 25.1 Å². The fourth-order valence-electron chi connectivity index (χ4n) is 2.44. The molecule has 1 N–H and O–H groups in total. The molecule has 0 bridgehead atoms. The average Bonchev–Trinajstić information content (AvgIpc) is 3.13. The van der Waals surface area contributed by atoms with Gasteiger partial charge in [0.25, 0.3) is 5.89 Å². The van der Waals surface area contributed by atoms with E-state index in [4.69, 9.17) is 9.26 Å². The van der Waals surface area contributed by atoms with E-state index in [-0.39, 0.29) is 18.3 Å². The summed E-state index contributed by atoms with van der Waals surface area (Å²) in [7, 11) is 1.54. The van der Waals surface area contributed by atoms with Crippen LogP contribution in [0.2, 0.25) is 0 Å². The highest BCUT2D eigenvalue weighted by Crippen LogP contribution is 2.22. The third-order valence-electron chi connectivity index (χ3n) is 3.85. The van der Waals surface area contributed by atoms with E-state index in [1.807, 2.05) is 26.0 Å². The van der Waals surface area contributed by atoms with E-state index in [0.29, 0.717) is 29.6 Å². The Hall–Kier alpha value is -2.80. The van der Waals surface area contributed by atoms with Crippen LogP contribution >= 0.6 is 0 Å². The minimum atomic E-state index is -0.270. The second-order valence-corrected chi connectivity index (χ2v) is 6.25. The van der Waals surface area contributed by atoms with Gasteiger partial charge in [-0.25, -0.2) is 9.37 Å². The van der Waals surface area contributed by atoms with Gasteiger partial charge in [0.05, 0.1) is 6.61 Å². The van der Waals surface area contributed by atoms with Crippen LogP contribution in [0.4, 0.5) is 10.2 Å². The van der Waals surface area contributed by atoms with Gasteiger partial charge < -0.3 is 14.6 Å². The van der Waals surface area contributed by atoms with Crippen molar-refractivity contribution in [2.45, 2.75) is 32.9 Å². The number of hydrogen-bond acceptors (Lipinski definition) is 6. The maximum absolute atomic E-state index is 13.7. The number of benzene rings is 1. The molecule has 0 saturated carbocycles. The molecule has 0 radical (unpaired) electrons. The number of ether oxygens (including phenoxy) is 1. The summed E-state index contributed by atoms with van der Waals surface area (Å²) >= 11 is 0. The molecule has 2 aromatic heterocycles. The van der Waals surface area contributed by atoms with Crippen molar-refractivity contribution in [1.82, 2.24) is 15.1 Å². The van der Waals surface area contributed by atoms with Crippen LogP contribution in [0, 0.1) is 5.82 Å². The Kier molecular flexibility index (Phi) is 5.58. The smallest absolute Gasteiger partial charge is 0.258 e. The molecule has 0 aliphatic carbocycles. The van der Waals surface area contributed by atoms with Crippen LogP contribution in [-0.2, 0) is 17.9 Å².